The molecule has 0 amide bonds. The third-order valence-electron chi connectivity index (χ3n) is 3.38. The maximum Gasteiger partial charge on any atom is 0.354 e. The van der Waals surface area contributed by atoms with Crippen LogP contribution in [0.2, 0.25) is 0 Å². The van der Waals surface area contributed by atoms with E-state index in [0.717, 1.165) is 17.7 Å². The van der Waals surface area contributed by atoms with Crippen molar-refractivity contribution in [1.29, 1.82) is 0 Å². The minimum Gasteiger partial charge on any atom is -0.490 e. The summed E-state index contributed by atoms with van der Waals surface area (Å²) in [6, 6.07) is 7.68. The van der Waals surface area contributed by atoms with Gasteiger partial charge in [0.1, 0.15) is 11.4 Å². The molecule has 2 aromatic rings. The van der Waals surface area contributed by atoms with Crippen molar-refractivity contribution in [1.82, 2.24) is 9.55 Å². The van der Waals surface area contributed by atoms with Gasteiger partial charge in [-0.1, -0.05) is 18.2 Å². The van der Waals surface area contributed by atoms with E-state index in [1.54, 1.807) is 10.9 Å². The van der Waals surface area contributed by atoms with Crippen molar-refractivity contribution in [2.75, 3.05) is 0 Å². The lowest BCUT2D eigenvalue weighted by Crippen LogP contribution is -2.27. The van der Waals surface area contributed by atoms with Gasteiger partial charge in [-0.05, 0) is 13.0 Å². The van der Waals surface area contributed by atoms with Gasteiger partial charge in [-0.2, -0.15) is 0 Å². The Morgan fingerprint density at radius 1 is 1.48 bits per heavy atom. The first-order valence-electron chi connectivity index (χ1n) is 6.74. The Labute approximate surface area is 130 Å². The predicted octanol–water partition coefficient (Wildman–Crippen LogP) is 1.99. The van der Waals surface area contributed by atoms with Crippen molar-refractivity contribution in [2.24, 2.45) is 0 Å². The Kier molecular flexibility index (Phi) is 4.79. The van der Waals surface area contributed by atoms with Crippen molar-refractivity contribution in [3.63, 3.8) is 0 Å². The summed E-state index contributed by atoms with van der Waals surface area (Å²) in [6.07, 6.45) is 3.73. The first-order valence-corrected chi connectivity index (χ1v) is 6.74. The molecule has 0 saturated heterocycles. The molecule has 3 rings (SSSR count). The van der Waals surface area contributed by atoms with Crippen LogP contribution in [0.25, 0.3) is 0 Å². The van der Waals surface area contributed by atoms with E-state index < -0.39 is 11.1 Å². The van der Waals surface area contributed by atoms with Gasteiger partial charge in [-0.25, -0.2) is 9.78 Å². The van der Waals surface area contributed by atoms with Crippen molar-refractivity contribution in [2.45, 2.75) is 25.5 Å². The molecule has 0 fully saturated rings. The molecule has 2 N–H and O–H groups in total. The van der Waals surface area contributed by atoms with E-state index in [1.165, 1.54) is 6.20 Å². The smallest absolute Gasteiger partial charge is 0.354 e. The number of rotatable bonds is 2. The molecule has 122 valence electrons. The number of carboxylic acids is 1. The third kappa shape index (κ3) is 3.76. The predicted molar refractivity (Wildman–Crippen MR) is 77.3 cm³/mol. The van der Waals surface area contributed by atoms with Crippen molar-refractivity contribution in [3.05, 3.63) is 58.2 Å². The van der Waals surface area contributed by atoms with Crippen LogP contribution in [0, 0.1) is 10.1 Å². The summed E-state index contributed by atoms with van der Waals surface area (Å²) < 4.78 is 7.49. The lowest BCUT2D eigenvalue weighted by Gasteiger charge is -2.31. The van der Waals surface area contributed by atoms with Crippen LogP contribution in [0.4, 0.5) is 0 Å². The lowest BCUT2D eigenvalue weighted by atomic mass is 9.96. The van der Waals surface area contributed by atoms with Crippen LogP contribution < -0.4 is 4.74 Å². The summed E-state index contributed by atoms with van der Waals surface area (Å²) in [7, 11) is 0. The zero-order valence-corrected chi connectivity index (χ0v) is 12.2. The molecule has 0 spiro atoms. The molecular weight excluding hydrogens is 306 g/mol. The summed E-state index contributed by atoms with van der Waals surface area (Å²) >= 11 is 0. The van der Waals surface area contributed by atoms with Crippen LogP contribution in [-0.2, 0) is 0 Å². The van der Waals surface area contributed by atoms with Gasteiger partial charge in [-0.3, -0.25) is 0 Å². The summed E-state index contributed by atoms with van der Waals surface area (Å²) in [5.74, 6) is -0.148. The van der Waals surface area contributed by atoms with Crippen molar-refractivity contribution in [3.8, 4) is 5.75 Å². The lowest BCUT2D eigenvalue weighted by molar-refractivity contribution is -0.742. The van der Waals surface area contributed by atoms with Crippen LogP contribution in [0.15, 0.2) is 36.8 Å². The number of para-hydroxylation sites is 1. The molecule has 0 aliphatic carbocycles. The number of aromatic nitrogens is 2. The zero-order valence-electron chi connectivity index (χ0n) is 12.2. The van der Waals surface area contributed by atoms with Gasteiger partial charge < -0.3 is 19.6 Å². The van der Waals surface area contributed by atoms with Gasteiger partial charge >= 0.3 is 5.97 Å². The van der Waals surface area contributed by atoms with E-state index in [9.17, 15) is 9.90 Å². The van der Waals surface area contributed by atoms with Gasteiger partial charge in [0.15, 0.2) is 0 Å². The molecule has 2 atom stereocenters. The molecule has 1 aromatic carbocycles. The first-order chi connectivity index (χ1) is 10.9. The molecule has 9 heteroatoms. The number of imidazole rings is 1. The highest BCUT2D eigenvalue weighted by Gasteiger charge is 2.29. The Morgan fingerprint density at radius 2 is 2.13 bits per heavy atom. The average molecular weight is 321 g/mol. The van der Waals surface area contributed by atoms with Crippen LogP contribution >= 0.6 is 0 Å². The van der Waals surface area contributed by atoms with Crippen LogP contribution in [-0.4, -0.2) is 37.0 Å². The summed E-state index contributed by atoms with van der Waals surface area (Å²) in [6.45, 7) is 1.99. The Balaban J connectivity index is 0.000000433. The number of hydrogen-bond acceptors (Lipinski definition) is 5. The van der Waals surface area contributed by atoms with E-state index in [-0.39, 0.29) is 17.8 Å². The van der Waals surface area contributed by atoms with Crippen molar-refractivity contribution >= 4 is 5.97 Å². The van der Waals surface area contributed by atoms with E-state index in [1.807, 2.05) is 31.2 Å². The fourth-order valence-electron chi connectivity index (χ4n) is 2.55. The van der Waals surface area contributed by atoms with E-state index in [0.29, 0.717) is 0 Å². The number of carboxylic acid groups (broad SMARTS) is 1. The topological polar surface area (TPSA) is 128 Å². The van der Waals surface area contributed by atoms with Crippen LogP contribution in [0.5, 0.6) is 5.75 Å². The quantitative estimate of drug-likeness (QED) is 0.639. The second-order valence-electron chi connectivity index (χ2n) is 4.95. The molecule has 9 nitrogen and oxygen atoms in total. The molecule has 0 bridgehead atoms. The molecule has 1 aromatic heterocycles. The summed E-state index contributed by atoms with van der Waals surface area (Å²) in [4.78, 5) is 23.5. The van der Waals surface area contributed by atoms with Crippen LogP contribution in [0.1, 0.15) is 35.4 Å². The number of aromatic carboxylic acids is 1. The summed E-state index contributed by atoms with van der Waals surface area (Å²) in [5, 5.41) is 22.8. The van der Waals surface area contributed by atoms with Crippen molar-refractivity contribution < 1.29 is 24.9 Å². The highest BCUT2D eigenvalue weighted by molar-refractivity contribution is 5.85. The molecule has 1 aliphatic rings. The number of carbonyl (C=O) groups is 1. The third-order valence-corrected chi connectivity index (χ3v) is 3.38. The molecule has 0 radical (unpaired) electrons. The minimum absolute atomic E-state index is 0.0453. The fraction of sp³-hybridized carbons (Fsp3) is 0.286. The molecule has 1 aliphatic heterocycles. The van der Waals surface area contributed by atoms with E-state index >= 15 is 0 Å². The SMILES string of the molecule is CC1CC(n2cncc2C(=O)O)c2ccccc2O1.O=[N+]([O-])O. The van der Waals surface area contributed by atoms with Gasteiger partial charge in [0, 0.05) is 12.0 Å². The largest absolute Gasteiger partial charge is 0.490 e. The Morgan fingerprint density at radius 3 is 2.78 bits per heavy atom. The highest BCUT2D eigenvalue weighted by atomic mass is 16.9. The Hall–Kier alpha value is -3.10. The number of ether oxygens (including phenoxy) is 1. The molecule has 2 unspecified atom stereocenters. The minimum atomic E-state index is -1.50. The van der Waals surface area contributed by atoms with Gasteiger partial charge in [0.25, 0.3) is 5.09 Å². The molecule has 0 saturated carbocycles. The fourth-order valence-corrected chi connectivity index (χ4v) is 2.55. The van der Waals surface area contributed by atoms with Gasteiger partial charge in [-0.15, -0.1) is 10.1 Å². The summed E-state index contributed by atoms with van der Waals surface area (Å²) in [5.41, 5.74) is 1.20. The molecule has 2 heterocycles. The van der Waals surface area contributed by atoms with E-state index in [4.69, 9.17) is 20.1 Å². The van der Waals surface area contributed by atoms with Gasteiger partial charge in [0.05, 0.1) is 24.7 Å². The number of hydrogen-bond donors (Lipinski definition) is 2. The maximum atomic E-state index is 11.2. The van der Waals surface area contributed by atoms with Gasteiger partial charge in [0.2, 0.25) is 0 Å². The highest BCUT2D eigenvalue weighted by Crippen LogP contribution is 2.37. The normalized spacial score (nSPS) is 18.8. The first kappa shape index (κ1) is 16.3. The number of benzene rings is 1. The van der Waals surface area contributed by atoms with E-state index in [2.05, 4.69) is 4.98 Å². The average Bonchev–Trinajstić information content (AvgIpc) is 2.95. The number of nitrogens with zero attached hydrogens (tertiary/aromatic N) is 3. The molecular formula is C14H15N3O6. The monoisotopic (exact) mass is 321 g/mol. The van der Waals surface area contributed by atoms with Crippen LogP contribution in [0.3, 0.4) is 0 Å². The second kappa shape index (κ2) is 6.77. The Bertz CT molecular complexity index is 710. The second-order valence-corrected chi connectivity index (χ2v) is 4.95. The number of fused-ring (bicyclic) bond motifs is 1. The standard InChI is InChI=1S/C14H14N2O3.HNO3/c1-9-6-11(10-4-2-3-5-13(10)19-9)16-8-15-7-12(16)14(17)18;2-1(3)4/h2-5,7-9,11H,6H2,1H3,(H,17,18);(H,2,3,4). The molecule has 23 heavy (non-hydrogen) atoms. The maximum absolute atomic E-state index is 11.2. The zero-order chi connectivity index (χ0) is 17.0.